The predicted octanol–water partition coefficient (Wildman–Crippen LogP) is 6.08. The Labute approximate surface area is 223 Å². The SMILES string of the molecule is Cc1cc2c(-c3cccc(/C=C/C(O)O)c3)c(CC(=O)Nc3ccc(F)cc3C(F)(F)F)c(=O)oc2cc1Cl. The Morgan fingerprint density at radius 3 is 2.56 bits per heavy atom. The zero-order chi connectivity index (χ0) is 28.5. The van der Waals surface area contributed by atoms with Gasteiger partial charge in [0.15, 0.2) is 6.29 Å². The minimum atomic E-state index is -4.94. The summed E-state index contributed by atoms with van der Waals surface area (Å²) in [6.45, 7) is 1.72. The molecule has 1 amide bonds. The molecule has 0 atom stereocenters. The van der Waals surface area contributed by atoms with Gasteiger partial charge in [-0.25, -0.2) is 9.18 Å². The van der Waals surface area contributed by atoms with E-state index in [1.807, 2.05) is 0 Å². The summed E-state index contributed by atoms with van der Waals surface area (Å²) in [4.78, 5) is 26.0. The maximum Gasteiger partial charge on any atom is 0.418 e. The van der Waals surface area contributed by atoms with Gasteiger partial charge in [-0.05, 0) is 60.0 Å². The van der Waals surface area contributed by atoms with E-state index in [1.54, 1.807) is 37.3 Å². The van der Waals surface area contributed by atoms with E-state index in [2.05, 4.69) is 5.32 Å². The number of aliphatic hydroxyl groups excluding tert-OH is 1. The summed E-state index contributed by atoms with van der Waals surface area (Å²) < 4.78 is 59.2. The van der Waals surface area contributed by atoms with Crippen LogP contribution in [0.5, 0.6) is 0 Å². The standard InChI is InChI=1S/C28H20ClF4NO5/c1-14-9-18-23(13-21(14)29)39-27(38)19(26(18)16-4-2-3-15(10-16)5-8-25(36)37)12-24(35)34-22-7-6-17(30)11-20(22)28(31,32)33/h2-11,13,25,36-37H,12H2,1H3,(H,34,35)/b8-5+. The van der Waals surface area contributed by atoms with Gasteiger partial charge >= 0.3 is 11.8 Å². The molecule has 0 saturated carbocycles. The first kappa shape index (κ1) is 28.0. The molecular formula is C28H20ClF4NO5. The molecule has 0 radical (unpaired) electrons. The fraction of sp³-hybridized carbons (Fsp3) is 0.143. The third kappa shape index (κ3) is 6.36. The first-order valence-corrected chi connectivity index (χ1v) is 11.8. The average molecular weight is 562 g/mol. The normalized spacial score (nSPS) is 12.0. The van der Waals surface area contributed by atoms with Crippen LogP contribution in [0.15, 0.2) is 69.9 Å². The molecule has 0 aliphatic carbocycles. The number of nitrogens with one attached hydrogen (secondary N) is 1. The lowest BCUT2D eigenvalue weighted by Crippen LogP contribution is -2.22. The summed E-state index contributed by atoms with van der Waals surface area (Å²) in [5.74, 6) is -2.10. The number of hydrogen-bond donors (Lipinski definition) is 3. The van der Waals surface area contributed by atoms with Crippen molar-refractivity contribution in [2.45, 2.75) is 25.8 Å². The number of anilines is 1. The van der Waals surface area contributed by atoms with E-state index in [0.717, 1.165) is 18.2 Å². The Balaban J connectivity index is 1.85. The molecule has 0 spiro atoms. The molecule has 0 aliphatic heterocycles. The topological polar surface area (TPSA) is 99.8 Å². The van der Waals surface area contributed by atoms with Crippen LogP contribution in [0.3, 0.4) is 0 Å². The number of aryl methyl sites for hydroxylation is 1. The minimum absolute atomic E-state index is 0.124. The van der Waals surface area contributed by atoms with E-state index in [0.29, 0.717) is 27.1 Å². The van der Waals surface area contributed by atoms with E-state index in [4.69, 9.17) is 26.2 Å². The fourth-order valence-corrected chi connectivity index (χ4v) is 4.22. The predicted molar refractivity (Wildman–Crippen MR) is 139 cm³/mol. The van der Waals surface area contributed by atoms with Gasteiger partial charge in [0.05, 0.1) is 23.2 Å². The Morgan fingerprint density at radius 2 is 1.87 bits per heavy atom. The van der Waals surface area contributed by atoms with Crippen LogP contribution in [-0.2, 0) is 17.4 Å². The number of carbonyl (C=O) groups is 1. The third-order valence-electron chi connectivity index (χ3n) is 5.82. The Hall–Kier alpha value is -3.99. The van der Waals surface area contributed by atoms with Crippen LogP contribution in [0.1, 0.15) is 22.3 Å². The van der Waals surface area contributed by atoms with Gasteiger partial charge in [0.1, 0.15) is 11.4 Å². The van der Waals surface area contributed by atoms with Gasteiger partial charge < -0.3 is 19.9 Å². The molecule has 0 bridgehead atoms. The summed E-state index contributed by atoms with van der Waals surface area (Å²) in [5.41, 5.74) is -1.07. The van der Waals surface area contributed by atoms with E-state index in [9.17, 15) is 27.2 Å². The van der Waals surface area contributed by atoms with Crippen LogP contribution in [0.25, 0.3) is 28.2 Å². The van der Waals surface area contributed by atoms with Gasteiger partial charge in [-0.2, -0.15) is 13.2 Å². The van der Waals surface area contributed by atoms with Crippen molar-refractivity contribution in [2.75, 3.05) is 5.32 Å². The highest BCUT2D eigenvalue weighted by molar-refractivity contribution is 6.32. The Bertz CT molecular complexity index is 1660. The molecule has 202 valence electrons. The maximum atomic E-state index is 13.5. The van der Waals surface area contributed by atoms with Crippen LogP contribution in [-0.4, -0.2) is 22.4 Å². The van der Waals surface area contributed by atoms with Crippen LogP contribution in [0, 0.1) is 12.7 Å². The number of carbonyl (C=O) groups excluding carboxylic acids is 1. The van der Waals surface area contributed by atoms with Gasteiger partial charge in [-0.15, -0.1) is 0 Å². The maximum absolute atomic E-state index is 13.5. The lowest BCUT2D eigenvalue weighted by molar-refractivity contribution is -0.137. The van der Waals surface area contributed by atoms with Crippen molar-refractivity contribution < 1.29 is 37.0 Å². The molecule has 0 aliphatic rings. The van der Waals surface area contributed by atoms with E-state index < -0.39 is 47.5 Å². The fourth-order valence-electron chi connectivity index (χ4n) is 4.07. The average Bonchev–Trinajstić information content (AvgIpc) is 2.85. The second-order valence-corrected chi connectivity index (χ2v) is 9.06. The molecule has 3 N–H and O–H groups in total. The van der Waals surface area contributed by atoms with Crippen molar-refractivity contribution in [2.24, 2.45) is 0 Å². The molecule has 0 fully saturated rings. The Morgan fingerprint density at radius 1 is 1.13 bits per heavy atom. The molecule has 11 heteroatoms. The zero-order valence-electron chi connectivity index (χ0n) is 20.1. The number of alkyl halides is 3. The van der Waals surface area contributed by atoms with Gasteiger partial charge in [0, 0.05) is 22.0 Å². The molecule has 0 saturated heterocycles. The highest BCUT2D eigenvalue weighted by atomic mass is 35.5. The van der Waals surface area contributed by atoms with Crippen molar-refractivity contribution in [3.63, 3.8) is 0 Å². The summed E-state index contributed by atoms with van der Waals surface area (Å²) in [6, 6.07) is 11.5. The van der Waals surface area contributed by atoms with Gasteiger partial charge in [-0.3, -0.25) is 4.79 Å². The number of aliphatic hydroxyl groups is 2. The molecular weight excluding hydrogens is 542 g/mol. The molecule has 39 heavy (non-hydrogen) atoms. The molecule has 1 heterocycles. The van der Waals surface area contributed by atoms with Crippen molar-refractivity contribution in [3.8, 4) is 11.1 Å². The van der Waals surface area contributed by atoms with Gasteiger partial charge in [0.2, 0.25) is 5.91 Å². The van der Waals surface area contributed by atoms with Crippen LogP contribution < -0.4 is 10.9 Å². The number of hydrogen-bond acceptors (Lipinski definition) is 5. The molecule has 6 nitrogen and oxygen atoms in total. The highest BCUT2D eigenvalue weighted by Gasteiger charge is 2.34. The van der Waals surface area contributed by atoms with Crippen LogP contribution in [0.2, 0.25) is 5.02 Å². The van der Waals surface area contributed by atoms with Crippen molar-refractivity contribution in [1.29, 1.82) is 0 Å². The second-order valence-electron chi connectivity index (χ2n) is 8.65. The number of halogens is 5. The largest absolute Gasteiger partial charge is 0.422 e. The molecule has 4 aromatic rings. The first-order chi connectivity index (χ1) is 18.3. The highest BCUT2D eigenvalue weighted by Crippen LogP contribution is 2.37. The first-order valence-electron chi connectivity index (χ1n) is 11.4. The number of rotatable bonds is 6. The van der Waals surface area contributed by atoms with E-state index in [-0.39, 0.29) is 22.8 Å². The number of fused-ring (bicyclic) bond motifs is 1. The number of amides is 1. The van der Waals surface area contributed by atoms with Crippen molar-refractivity contribution >= 4 is 40.2 Å². The van der Waals surface area contributed by atoms with Crippen LogP contribution >= 0.6 is 11.6 Å². The lowest BCUT2D eigenvalue weighted by atomic mass is 9.93. The van der Waals surface area contributed by atoms with E-state index in [1.165, 1.54) is 12.1 Å². The third-order valence-corrected chi connectivity index (χ3v) is 6.22. The van der Waals surface area contributed by atoms with Crippen molar-refractivity contribution in [3.05, 3.63) is 104 Å². The molecule has 0 unspecified atom stereocenters. The summed E-state index contributed by atoms with van der Waals surface area (Å²) in [5, 5.41) is 21.2. The smallest absolute Gasteiger partial charge is 0.418 e. The summed E-state index contributed by atoms with van der Waals surface area (Å²) in [6.07, 6.45) is -4.75. The van der Waals surface area contributed by atoms with Crippen LogP contribution in [0.4, 0.5) is 23.2 Å². The van der Waals surface area contributed by atoms with Gasteiger partial charge in [-0.1, -0.05) is 35.9 Å². The quantitative estimate of drug-likeness (QED) is 0.150. The monoisotopic (exact) mass is 561 g/mol. The van der Waals surface area contributed by atoms with Gasteiger partial charge in [0.25, 0.3) is 0 Å². The molecule has 4 rings (SSSR count). The van der Waals surface area contributed by atoms with E-state index >= 15 is 0 Å². The zero-order valence-corrected chi connectivity index (χ0v) is 20.9. The summed E-state index contributed by atoms with van der Waals surface area (Å²) in [7, 11) is 0. The second kappa shape index (κ2) is 11.0. The minimum Gasteiger partial charge on any atom is -0.422 e. The Kier molecular flexibility index (Phi) is 7.91. The van der Waals surface area contributed by atoms with Crippen molar-refractivity contribution in [1.82, 2.24) is 0 Å². The molecule has 3 aromatic carbocycles. The number of benzene rings is 3. The summed E-state index contributed by atoms with van der Waals surface area (Å²) >= 11 is 6.21. The lowest BCUT2D eigenvalue weighted by Gasteiger charge is -2.16. The molecule has 1 aromatic heterocycles.